The SMILES string of the molecule is CCCCCCCCCCCCCCCC(=O)O.CCO.CCO.CCO.N. The second-order valence-corrected chi connectivity index (χ2v) is 6.34. The van der Waals surface area contributed by atoms with Gasteiger partial charge in [-0.2, -0.15) is 0 Å². The van der Waals surface area contributed by atoms with Gasteiger partial charge >= 0.3 is 5.97 Å². The van der Waals surface area contributed by atoms with Crippen molar-refractivity contribution in [2.45, 2.75) is 118 Å². The van der Waals surface area contributed by atoms with E-state index in [1.165, 1.54) is 70.6 Å². The third-order valence-corrected chi connectivity index (χ3v) is 3.49. The average molecular weight is 412 g/mol. The smallest absolute Gasteiger partial charge is 0.303 e. The molecule has 6 heteroatoms. The minimum atomic E-state index is -0.655. The number of carbonyl (C=O) groups is 1. The van der Waals surface area contributed by atoms with Crippen LogP contribution in [-0.2, 0) is 4.79 Å². The number of hydrogen-bond acceptors (Lipinski definition) is 5. The highest BCUT2D eigenvalue weighted by atomic mass is 16.4. The molecular weight excluding hydrogens is 358 g/mol. The van der Waals surface area contributed by atoms with Crippen molar-refractivity contribution in [1.82, 2.24) is 6.15 Å². The molecule has 0 spiro atoms. The second kappa shape index (κ2) is 45.2. The van der Waals surface area contributed by atoms with Gasteiger partial charge in [0.15, 0.2) is 0 Å². The molecule has 0 amide bonds. The van der Waals surface area contributed by atoms with Gasteiger partial charge in [0.05, 0.1) is 0 Å². The molecule has 0 fully saturated rings. The number of aliphatic carboxylic acids is 1. The predicted molar refractivity (Wildman–Crippen MR) is 121 cm³/mol. The van der Waals surface area contributed by atoms with Gasteiger partial charge < -0.3 is 26.6 Å². The normalized spacial score (nSPS) is 8.82. The minimum Gasteiger partial charge on any atom is -0.481 e. The second-order valence-electron chi connectivity index (χ2n) is 6.34. The summed E-state index contributed by atoms with van der Waals surface area (Å²) in [5, 5.41) is 31.2. The van der Waals surface area contributed by atoms with E-state index >= 15 is 0 Å². The summed E-state index contributed by atoms with van der Waals surface area (Å²) in [6, 6.07) is 0. The highest BCUT2D eigenvalue weighted by Gasteiger charge is 1.96. The fourth-order valence-electron chi connectivity index (χ4n) is 2.29. The average Bonchev–Trinajstić information content (AvgIpc) is 2.61. The Morgan fingerprint density at radius 3 is 0.964 bits per heavy atom. The van der Waals surface area contributed by atoms with Gasteiger partial charge in [-0.05, 0) is 27.2 Å². The van der Waals surface area contributed by atoms with Crippen LogP contribution in [0.15, 0.2) is 0 Å². The first-order valence-electron chi connectivity index (χ1n) is 11.1. The Bertz CT molecular complexity index is 224. The maximum atomic E-state index is 10.3. The summed E-state index contributed by atoms with van der Waals surface area (Å²) in [5.74, 6) is -0.655. The van der Waals surface area contributed by atoms with E-state index in [2.05, 4.69) is 6.92 Å². The zero-order chi connectivity index (χ0) is 21.6. The summed E-state index contributed by atoms with van der Waals surface area (Å²) in [7, 11) is 0. The molecule has 0 aliphatic carbocycles. The molecule has 0 atom stereocenters. The van der Waals surface area contributed by atoms with E-state index in [1.807, 2.05) is 0 Å². The Hall–Kier alpha value is -0.690. The lowest BCUT2D eigenvalue weighted by Crippen LogP contribution is -1.93. The van der Waals surface area contributed by atoms with E-state index in [1.54, 1.807) is 20.8 Å². The summed E-state index contributed by atoms with van der Waals surface area (Å²) >= 11 is 0. The van der Waals surface area contributed by atoms with Crippen LogP contribution in [0.25, 0.3) is 0 Å². The molecule has 0 saturated carbocycles. The lowest BCUT2D eigenvalue weighted by molar-refractivity contribution is -0.137. The standard InChI is InChI=1S/C16H32O2.3C2H6O.H3N/c1-2-3-4-5-6-7-8-9-10-11-12-13-14-15-16(17)18;3*1-2-3;/h2-15H2,1H3,(H,17,18);3*3H,2H2,1H3;1H3. The molecular formula is C22H53NO5. The number of aliphatic hydroxyl groups is 3. The molecule has 0 aliphatic rings. The molecule has 0 bridgehead atoms. The Balaban J connectivity index is -0.000000149. The van der Waals surface area contributed by atoms with Crippen molar-refractivity contribution in [2.24, 2.45) is 0 Å². The zero-order valence-electron chi connectivity index (χ0n) is 19.4. The summed E-state index contributed by atoms with van der Waals surface area (Å²) < 4.78 is 0. The predicted octanol–water partition coefficient (Wildman–Crippen LogP) is 5.71. The molecule has 0 aromatic heterocycles. The Morgan fingerprint density at radius 2 is 0.750 bits per heavy atom. The molecule has 0 radical (unpaired) electrons. The van der Waals surface area contributed by atoms with Crippen molar-refractivity contribution in [3.8, 4) is 0 Å². The molecule has 176 valence electrons. The van der Waals surface area contributed by atoms with Gasteiger partial charge in [0.2, 0.25) is 0 Å². The van der Waals surface area contributed by atoms with Crippen LogP contribution in [0, 0.1) is 0 Å². The molecule has 0 heterocycles. The number of rotatable bonds is 14. The summed E-state index contributed by atoms with van der Waals surface area (Å²) in [4.78, 5) is 10.3. The molecule has 0 aromatic rings. The van der Waals surface area contributed by atoms with Crippen LogP contribution in [-0.4, -0.2) is 46.2 Å². The largest absolute Gasteiger partial charge is 0.481 e. The van der Waals surface area contributed by atoms with Crippen LogP contribution in [0.2, 0.25) is 0 Å². The van der Waals surface area contributed by atoms with E-state index in [0.717, 1.165) is 12.8 Å². The first-order chi connectivity index (χ1) is 13.0. The molecule has 0 rings (SSSR count). The molecule has 0 aromatic carbocycles. The summed E-state index contributed by atoms with van der Waals surface area (Å²) in [6.07, 6.45) is 17.3. The quantitative estimate of drug-likeness (QED) is 0.232. The number of aliphatic hydroxyl groups excluding tert-OH is 3. The topological polar surface area (TPSA) is 133 Å². The third kappa shape index (κ3) is 73.0. The fourth-order valence-corrected chi connectivity index (χ4v) is 2.29. The van der Waals surface area contributed by atoms with E-state index in [0.29, 0.717) is 6.42 Å². The molecule has 0 saturated heterocycles. The lowest BCUT2D eigenvalue weighted by atomic mass is 10.0. The Kier molecular flexibility index (Phi) is 61.3. The first-order valence-corrected chi connectivity index (χ1v) is 11.1. The highest BCUT2D eigenvalue weighted by molar-refractivity contribution is 5.66. The van der Waals surface area contributed by atoms with Crippen LogP contribution in [0.1, 0.15) is 118 Å². The van der Waals surface area contributed by atoms with Crippen LogP contribution >= 0.6 is 0 Å². The zero-order valence-corrected chi connectivity index (χ0v) is 19.4. The molecule has 28 heavy (non-hydrogen) atoms. The number of carboxylic acid groups (broad SMARTS) is 1. The van der Waals surface area contributed by atoms with Crippen LogP contribution < -0.4 is 6.15 Å². The van der Waals surface area contributed by atoms with E-state index in [9.17, 15) is 4.79 Å². The van der Waals surface area contributed by atoms with E-state index in [-0.39, 0.29) is 26.0 Å². The third-order valence-electron chi connectivity index (χ3n) is 3.49. The van der Waals surface area contributed by atoms with Crippen molar-refractivity contribution >= 4 is 5.97 Å². The fraction of sp³-hybridized carbons (Fsp3) is 0.955. The van der Waals surface area contributed by atoms with E-state index < -0.39 is 5.97 Å². The highest BCUT2D eigenvalue weighted by Crippen LogP contribution is 2.12. The monoisotopic (exact) mass is 411 g/mol. The minimum absolute atomic E-state index is 0. The van der Waals surface area contributed by atoms with Crippen LogP contribution in [0.3, 0.4) is 0 Å². The van der Waals surface area contributed by atoms with Gasteiger partial charge in [0.25, 0.3) is 0 Å². The number of unbranched alkanes of at least 4 members (excludes halogenated alkanes) is 12. The van der Waals surface area contributed by atoms with Crippen molar-refractivity contribution < 1.29 is 25.2 Å². The van der Waals surface area contributed by atoms with Gasteiger partial charge in [0.1, 0.15) is 0 Å². The summed E-state index contributed by atoms with van der Waals surface area (Å²) in [6.45, 7) is 8.05. The maximum absolute atomic E-state index is 10.3. The van der Waals surface area contributed by atoms with Crippen molar-refractivity contribution in [1.29, 1.82) is 0 Å². The Morgan fingerprint density at radius 1 is 0.536 bits per heavy atom. The molecule has 0 unspecified atom stereocenters. The first kappa shape index (κ1) is 38.0. The summed E-state index contributed by atoms with van der Waals surface area (Å²) in [5.41, 5.74) is 0. The van der Waals surface area contributed by atoms with Crippen molar-refractivity contribution in [3.05, 3.63) is 0 Å². The van der Waals surface area contributed by atoms with Crippen LogP contribution in [0.5, 0.6) is 0 Å². The van der Waals surface area contributed by atoms with Crippen molar-refractivity contribution in [2.75, 3.05) is 19.8 Å². The number of carboxylic acids is 1. The lowest BCUT2D eigenvalue weighted by Gasteiger charge is -2.02. The van der Waals surface area contributed by atoms with E-state index in [4.69, 9.17) is 20.4 Å². The van der Waals surface area contributed by atoms with Gasteiger partial charge in [-0.1, -0.05) is 84.0 Å². The molecule has 6 nitrogen and oxygen atoms in total. The molecule has 7 N–H and O–H groups in total. The maximum Gasteiger partial charge on any atom is 0.303 e. The number of hydrogen-bond donors (Lipinski definition) is 5. The molecule has 0 aliphatic heterocycles. The van der Waals surface area contributed by atoms with Gasteiger partial charge in [-0.3, -0.25) is 4.79 Å². The van der Waals surface area contributed by atoms with Gasteiger partial charge in [-0.15, -0.1) is 0 Å². The van der Waals surface area contributed by atoms with Crippen molar-refractivity contribution in [3.63, 3.8) is 0 Å². The van der Waals surface area contributed by atoms with Gasteiger partial charge in [-0.25, -0.2) is 0 Å². The van der Waals surface area contributed by atoms with Crippen LogP contribution in [0.4, 0.5) is 0 Å². The van der Waals surface area contributed by atoms with Gasteiger partial charge in [0, 0.05) is 26.2 Å². The Labute approximate surface area is 175 Å².